The molecule has 1 atom stereocenters. The first-order chi connectivity index (χ1) is 9.81. The number of fused-ring (bicyclic) bond motifs is 1. The molecule has 2 aromatic rings. The predicted molar refractivity (Wildman–Crippen MR) is 81.6 cm³/mol. The minimum atomic E-state index is 0.752. The van der Waals surface area contributed by atoms with Gasteiger partial charge in [0.05, 0.1) is 11.2 Å². The monoisotopic (exact) mass is 270 g/mol. The Kier molecular flexibility index (Phi) is 4.28. The van der Waals surface area contributed by atoms with Crippen LogP contribution in [0.15, 0.2) is 36.4 Å². The van der Waals surface area contributed by atoms with Crippen LogP contribution in [0, 0.1) is 5.92 Å². The van der Waals surface area contributed by atoms with Crippen molar-refractivity contribution in [2.24, 2.45) is 5.92 Å². The average Bonchev–Trinajstić information content (AvgIpc) is 2.98. The van der Waals surface area contributed by atoms with E-state index < -0.39 is 0 Å². The number of nitrogens with zero attached hydrogens (tertiary/aromatic N) is 2. The first kappa shape index (κ1) is 13.5. The second kappa shape index (κ2) is 6.33. The van der Waals surface area contributed by atoms with Crippen molar-refractivity contribution in [2.75, 3.05) is 26.8 Å². The minimum Gasteiger partial charge on any atom is -0.381 e. The van der Waals surface area contributed by atoms with E-state index in [4.69, 9.17) is 9.72 Å². The highest BCUT2D eigenvalue weighted by atomic mass is 16.5. The van der Waals surface area contributed by atoms with Gasteiger partial charge in [0.1, 0.15) is 0 Å². The number of hydrogen-bond donors (Lipinski definition) is 0. The van der Waals surface area contributed by atoms with Crippen LogP contribution < -0.4 is 0 Å². The van der Waals surface area contributed by atoms with Gasteiger partial charge in [0, 0.05) is 25.1 Å². The molecule has 2 heterocycles. The van der Waals surface area contributed by atoms with Crippen LogP contribution in [0.25, 0.3) is 10.9 Å². The van der Waals surface area contributed by atoms with E-state index in [2.05, 4.69) is 42.3 Å². The van der Waals surface area contributed by atoms with Crippen molar-refractivity contribution in [1.82, 2.24) is 9.88 Å². The topological polar surface area (TPSA) is 25.4 Å². The van der Waals surface area contributed by atoms with Crippen LogP contribution in [0.3, 0.4) is 0 Å². The quantitative estimate of drug-likeness (QED) is 0.835. The van der Waals surface area contributed by atoms with Gasteiger partial charge in [-0.25, -0.2) is 0 Å². The second-order valence-electron chi connectivity index (χ2n) is 5.75. The van der Waals surface area contributed by atoms with Crippen LogP contribution in [-0.4, -0.2) is 36.7 Å². The first-order valence-corrected chi connectivity index (χ1v) is 7.42. The number of hydrogen-bond acceptors (Lipinski definition) is 3. The van der Waals surface area contributed by atoms with Gasteiger partial charge in [-0.1, -0.05) is 24.3 Å². The van der Waals surface area contributed by atoms with E-state index in [0.717, 1.165) is 43.4 Å². The highest BCUT2D eigenvalue weighted by Crippen LogP contribution is 2.17. The van der Waals surface area contributed by atoms with E-state index in [-0.39, 0.29) is 0 Å². The molecule has 1 aromatic carbocycles. The zero-order valence-corrected chi connectivity index (χ0v) is 12.1. The van der Waals surface area contributed by atoms with Crippen LogP contribution in [0.4, 0.5) is 0 Å². The maximum atomic E-state index is 5.42. The van der Waals surface area contributed by atoms with Crippen LogP contribution in [0.1, 0.15) is 18.5 Å². The van der Waals surface area contributed by atoms with Gasteiger partial charge in [-0.3, -0.25) is 4.98 Å². The first-order valence-electron chi connectivity index (χ1n) is 7.42. The predicted octanol–water partition coefficient (Wildman–Crippen LogP) is 3.09. The van der Waals surface area contributed by atoms with Gasteiger partial charge in [-0.05, 0) is 44.5 Å². The fourth-order valence-electron chi connectivity index (χ4n) is 2.77. The van der Waals surface area contributed by atoms with E-state index in [0.29, 0.717) is 0 Å². The zero-order valence-electron chi connectivity index (χ0n) is 12.1. The summed E-state index contributed by atoms with van der Waals surface area (Å²) in [6.45, 7) is 3.92. The molecule has 1 aliphatic rings. The number of pyridine rings is 1. The van der Waals surface area contributed by atoms with Gasteiger partial charge in [0.2, 0.25) is 0 Å². The van der Waals surface area contributed by atoms with Crippen LogP contribution >= 0.6 is 0 Å². The molecule has 3 nitrogen and oxygen atoms in total. The normalized spacial score (nSPS) is 19.0. The summed E-state index contributed by atoms with van der Waals surface area (Å²) in [5.41, 5.74) is 2.23. The summed E-state index contributed by atoms with van der Waals surface area (Å²) in [6, 6.07) is 12.6. The Balaban J connectivity index is 1.57. The van der Waals surface area contributed by atoms with Gasteiger partial charge in [0.25, 0.3) is 0 Å². The Morgan fingerprint density at radius 3 is 3.00 bits per heavy atom. The largest absolute Gasteiger partial charge is 0.381 e. The maximum Gasteiger partial charge on any atom is 0.0705 e. The van der Waals surface area contributed by atoms with Crippen molar-refractivity contribution >= 4 is 10.9 Å². The summed E-state index contributed by atoms with van der Waals surface area (Å²) in [6.07, 6.45) is 2.45. The van der Waals surface area contributed by atoms with Gasteiger partial charge < -0.3 is 9.64 Å². The highest BCUT2D eigenvalue weighted by Gasteiger charge is 2.16. The summed E-state index contributed by atoms with van der Waals surface area (Å²) in [7, 11) is 2.17. The number of ether oxygens (including phenoxy) is 1. The van der Waals surface area contributed by atoms with Crippen LogP contribution in [0.2, 0.25) is 0 Å². The fraction of sp³-hybridized carbons (Fsp3) is 0.471. The molecule has 0 aliphatic carbocycles. The van der Waals surface area contributed by atoms with Crippen LogP contribution in [-0.2, 0) is 11.3 Å². The molecule has 20 heavy (non-hydrogen) atoms. The van der Waals surface area contributed by atoms with Crippen molar-refractivity contribution in [2.45, 2.75) is 19.4 Å². The maximum absolute atomic E-state index is 5.42. The molecule has 0 radical (unpaired) electrons. The fourth-order valence-corrected chi connectivity index (χ4v) is 2.77. The number of benzene rings is 1. The van der Waals surface area contributed by atoms with Crippen molar-refractivity contribution < 1.29 is 4.74 Å². The van der Waals surface area contributed by atoms with E-state index >= 15 is 0 Å². The standard InChI is InChI=1S/C17H22N2O/c1-19(10-8-14-9-11-20-13-14)12-16-7-6-15-4-2-3-5-17(15)18-16/h2-7,14H,8-13H2,1H3/t14-/m0/s1. The molecule has 0 N–H and O–H groups in total. The van der Waals surface area contributed by atoms with Gasteiger partial charge >= 0.3 is 0 Å². The third-order valence-electron chi connectivity index (χ3n) is 4.03. The molecule has 1 aromatic heterocycles. The van der Waals surface area contributed by atoms with Gasteiger partial charge in [0.15, 0.2) is 0 Å². The molecule has 0 unspecified atom stereocenters. The van der Waals surface area contributed by atoms with E-state index in [1.807, 2.05) is 6.07 Å². The summed E-state index contributed by atoms with van der Waals surface area (Å²) in [5.74, 6) is 0.752. The molecular formula is C17H22N2O. The Labute approximate surface area is 120 Å². The Morgan fingerprint density at radius 2 is 2.15 bits per heavy atom. The lowest BCUT2D eigenvalue weighted by atomic mass is 10.1. The van der Waals surface area contributed by atoms with Crippen LogP contribution in [0.5, 0.6) is 0 Å². The zero-order chi connectivity index (χ0) is 13.8. The second-order valence-corrected chi connectivity index (χ2v) is 5.75. The lowest BCUT2D eigenvalue weighted by Gasteiger charge is -2.18. The van der Waals surface area contributed by atoms with E-state index in [1.54, 1.807) is 0 Å². The lowest BCUT2D eigenvalue weighted by Crippen LogP contribution is -2.22. The highest BCUT2D eigenvalue weighted by molar-refractivity contribution is 5.78. The van der Waals surface area contributed by atoms with E-state index in [9.17, 15) is 0 Å². The summed E-state index contributed by atoms with van der Waals surface area (Å²) in [5, 5.41) is 1.21. The number of rotatable bonds is 5. The van der Waals surface area contributed by atoms with Crippen molar-refractivity contribution in [3.63, 3.8) is 0 Å². The molecule has 1 aliphatic heterocycles. The molecule has 3 heteroatoms. The lowest BCUT2D eigenvalue weighted by molar-refractivity contribution is 0.180. The molecular weight excluding hydrogens is 248 g/mol. The van der Waals surface area contributed by atoms with E-state index in [1.165, 1.54) is 18.2 Å². The molecule has 1 saturated heterocycles. The Bertz CT molecular complexity index is 564. The number of aromatic nitrogens is 1. The molecule has 0 spiro atoms. The molecule has 0 bridgehead atoms. The molecule has 106 valence electrons. The SMILES string of the molecule is CN(CC[C@H]1CCOC1)Cc1ccc2ccccc2n1. The smallest absolute Gasteiger partial charge is 0.0705 e. The molecule has 1 fully saturated rings. The third-order valence-corrected chi connectivity index (χ3v) is 4.03. The van der Waals surface area contributed by atoms with Gasteiger partial charge in [-0.2, -0.15) is 0 Å². The summed E-state index contributed by atoms with van der Waals surface area (Å²) >= 11 is 0. The number of para-hydroxylation sites is 1. The van der Waals surface area contributed by atoms with Crippen molar-refractivity contribution in [3.8, 4) is 0 Å². The molecule has 0 amide bonds. The Hall–Kier alpha value is -1.45. The molecule has 0 saturated carbocycles. The third kappa shape index (κ3) is 3.35. The summed E-state index contributed by atoms with van der Waals surface area (Å²) < 4.78 is 5.42. The minimum absolute atomic E-state index is 0.752. The molecule has 3 rings (SSSR count). The summed E-state index contributed by atoms with van der Waals surface area (Å²) in [4.78, 5) is 7.09. The average molecular weight is 270 g/mol. The van der Waals surface area contributed by atoms with Crippen molar-refractivity contribution in [1.29, 1.82) is 0 Å². The van der Waals surface area contributed by atoms with Crippen molar-refractivity contribution in [3.05, 3.63) is 42.1 Å². The van der Waals surface area contributed by atoms with Gasteiger partial charge in [-0.15, -0.1) is 0 Å². The Morgan fingerprint density at radius 1 is 1.25 bits per heavy atom.